The Morgan fingerprint density at radius 3 is 2.71 bits per heavy atom. The van der Waals surface area contributed by atoms with Gasteiger partial charge in [-0.05, 0) is 30.2 Å². The summed E-state index contributed by atoms with van der Waals surface area (Å²) in [6, 6.07) is 3.61. The molecule has 0 saturated carbocycles. The van der Waals surface area contributed by atoms with Crippen LogP contribution < -0.4 is 10.6 Å². The minimum atomic E-state index is -0.0919. The van der Waals surface area contributed by atoms with E-state index in [9.17, 15) is 9.59 Å². The summed E-state index contributed by atoms with van der Waals surface area (Å²) >= 11 is 1.40. The van der Waals surface area contributed by atoms with E-state index in [2.05, 4.69) is 10.6 Å². The summed E-state index contributed by atoms with van der Waals surface area (Å²) in [4.78, 5) is 24.2. The molecule has 1 aromatic rings. The molecule has 5 nitrogen and oxygen atoms in total. The first-order chi connectivity index (χ1) is 10.0. The predicted molar refractivity (Wildman–Crippen MR) is 84.4 cm³/mol. The van der Waals surface area contributed by atoms with Gasteiger partial charge in [0.2, 0.25) is 5.91 Å². The second-order valence-electron chi connectivity index (χ2n) is 5.27. The third-order valence-electron chi connectivity index (χ3n) is 3.20. The zero-order valence-corrected chi connectivity index (χ0v) is 13.4. The van der Waals surface area contributed by atoms with Crippen LogP contribution in [0.15, 0.2) is 17.5 Å². The number of nitrogens with one attached hydrogen (secondary N) is 2. The van der Waals surface area contributed by atoms with Gasteiger partial charge >= 0.3 is 0 Å². The number of aliphatic hydroxyl groups excluding tert-OH is 1. The Kier molecular flexibility index (Phi) is 8.00. The second-order valence-corrected chi connectivity index (χ2v) is 6.21. The lowest BCUT2D eigenvalue weighted by Crippen LogP contribution is -2.39. The van der Waals surface area contributed by atoms with Gasteiger partial charge in [0.05, 0.1) is 4.88 Å². The molecule has 2 amide bonds. The monoisotopic (exact) mass is 312 g/mol. The van der Waals surface area contributed by atoms with E-state index in [-0.39, 0.29) is 24.5 Å². The van der Waals surface area contributed by atoms with Crippen molar-refractivity contribution in [1.82, 2.24) is 10.6 Å². The second kappa shape index (κ2) is 9.52. The molecule has 0 aliphatic heterocycles. The zero-order valence-electron chi connectivity index (χ0n) is 12.6. The van der Waals surface area contributed by atoms with Crippen molar-refractivity contribution < 1.29 is 14.7 Å². The number of carbonyl (C=O) groups excluding carboxylic acids is 2. The quantitative estimate of drug-likeness (QED) is 0.608. The van der Waals surface area contributed by atoms with Gasteiger partial charge in [0.1, 0.15) is 0 Å². The molecule has 1 aromatic heterocycles. The highest BCUT2D eigenvalue weighted by Crippen LogP contribution is 2.08. The van der Waals surface area contributed by atoms with Crippen molar-refractivity contribution in [1.29, 1.82) is 0 Å². The van der Waals surface area contributed by atoms with Crippen LogP contribution in [0, 0.1) is 5.92 Å². The standard InChI is InChI=1S/C15H24N2O3S/c1-11(2)12(7-9-18)17-14(19)6-3-8-16-15(20)13-5-4-10-21-13/h4-5,10-12,18H,3,6-9H2,1-2H3,(H,16,20)(H,17,19). The molecule has 1 rings (SSSR count). The molecule has 3 N–H and O–H groups in total. The van der Waals surface area contributed by atoms with E-state index in [1.807, 2.05) is 25.3 Å². The van der Waals surface area contributed by atoms with Crippen LogP contribution in [0.3, 0.4) is 0 Å². The summed E-state index contributed by atoms with van der Waals surface area (Å²) in [6.07, 6.45) is 1.55. The molecule has 0 spiro atoms. The molecule has 118 valence electrons. The summed E-state index contributed by atoms with van der Waals surface area (Å²) in [5, 5.41) is 16.5. The van der Waals surface area contributed by atoms with Gasteiger partial charge in [0.15, 0.2) is 0 Å². The lowest BCUT2D eigenvalue weighted by atomic mass is 10.0. The van der Waals surface area contributed by atoms with E-state index in [0.29, 0.717) is 36.6 Å². The van der Waals surface area contributed by atoms with Gasteiger partial charge in [-0.3, -0.25) is 9.59 Å². The molecule has 0 radical (unpaired) electrons. The molecule has 6 heteroatoms. The smallest absolute Gasteiger partial charge is 0.261 e. The first-order valence-corrected chi connectivity index (χ1v) is 8.14. The first-order valence-electron chi connectivity index (χ1n) is 7.26. The Hall–Kier alpha value is -1.40. The third kappa shape index (κ3) is 6.73. The third-order valence-corrected chi connectivity index (χ3v) is 4.07. The summed E-state index contributed by atoms with van der Waals surface area (Å²) in [7, 11) is 0. The van der Waals surface area contributed by atoms with Gasteiger partial charge in [0.25, 0.3) is 5.91 Å². The zero-order chi connectivity index (χ0) is 15.7. The summed E-state index contributed by atoms with van der Waals surface area (Å²) in [5.74, 6) is 0.165. The van der Waals surface area contributed by atoms with Crippen LogP contribution in [-0.4, -0.2) is 36.1 Å². The number of hydrogen-bond acceptors (Lipinski definition) is 4. The molecule has 1 atom stereocenters. The maximum absolute atomic E-state index is 11.8. The van der Waals surface area contributed by atoms with E-state index in [1.54, 1.807) is 6.07 Å². The Labute approximate surface area is 129 Å². The van der Waals surface area contributed by atoms with E-state index in [1.165, 1.54) is 11.3 Å². The van der Waals surface area contributed by atoms with Crippen LogP contribution in [0.4, 0.5) is 0 Å². The van der Waals surface area contributed by atoms with E-state index in [4.69, 9.17) is 5.11 Å². The van der Waals surface area contributed by atoms with Crippen LogP contribution in [0.25, 0.3) is 0 Å². The van der Waals surface area contributed by atoms with Gasteiger partial charge in [-0.15, -0.1) is 11.3 Å². The molecular formula is C15H24N2O3S. The van der Waals surface area contributed by atoms with Gasteiger partial charge in [-0.1, -0.05) is 19.9 Å². The van der Waals surface area contributed by atoms with Crippen LogP contribution in [0.2, 0.25) is 0 Å². The minimum absolute atomic E-state index is 0.00297. The number of hydrogen-bond donors (Lipinski definition) is 3. The van der Waals surface area contributed by atoms with Crippen molar-refractivity contribution in [2.75, 3.05) is 13.2 Å². The normalized spacial score (nSPS) is 12.2. The molecule has 0 aromatic carbocycles. The Morgan fingerprint density at radius 1 is 1.38 bits per heavy atom. The van der Waals surface area contributed by atoms with Gasteiger partial charge in [0, 0.05) is 25.6 Å². The molecule has 0 fully saturated rings. The van der Waals surface area contributed by atoms with Crippen LogP contribution in [-0.2, 0) is 4.79 Å². The Morgan fingerprint density at radius 2 is 2.14 bits per heavy atom. The summed E-state index contributed by atoms with van der Waals surface area (Å²) in [5.41, 5.74) is 0. The molecule has 1 heterocycles. The van der Waals surface area contributed by atoms with Crippen molar-refractivity contribution in [3.63, 3.8) is 0 Å². The fourth-order valence-corrected chi connectivity index (χ4v) is 2.58. The van der Waals surface area contributed by atoms with Crippen molar-refractivity contribution in [2.45, 2.75) is 39.2 Å². The molecule has 1 unspecified atom stereocenters. The molecule has 0 aliphatic carbocycles. The highest BCUT2D eigenvalue weighted by atomic mass is 32.1. The summed E-state index contributed by atoms with van der Waals surface area (Å²) in [6.45, 7) is 4.58. The van der Waals surface area contributed by atoms with Crippen LogP contribution in [0.1, 0.15) is 42.8 Å². The van der Waals surface area contributed by atoms with Crippen molar-refractivity contribution in [2.24, 2.45) is 5.92 Å². The van der Waals surface area contributed by atoms with E-state index >= 15 is 0 Å². The fourth-order valence-electron chi connectivity index (χ4n) is 1.94. The summed E-state index contributed by atoms with van der Waals surface area (Å²) < 4.78 is 0. The van der Waals surface area contributed by atoms with Crippen molar-refractivity contribution >= 4 is 23.2 Å². The SMILES string of the molecule is CC(C)C(CCO)NC(=O)CCCNC(=O)c1cccs1. The largest absolute Gasteiger partial charge is 0.396 e. The van der Waals surface area contributed by atoms with Crippen molar-refractivity contribution in [3.8, 4) is 0 Å². The van der Waals surface area contributed by atoms with E-state index < -0.39 is 0 Å². The molecule has 0 saturated heterocycles. The lowest BCUT2D eigenvalue weighted by molar-refractivity contribution is -0.122. The lowest BCUT2D eigenvalue weighted by Gasteiger charge is -2.21. The minimum Gasteiger partial charge on any atom is -0.396 e. The molecule has 21 heavy (non-hydrogen) atoms. The highest BCUT2D eigenvalue weighted by Gasteiger charge is 2.15. The Balaban J connectivity index is 2.19. The van der Waals surface area contributed by atoms with E-state index in [0.717, 1.165) is 0 Å². The number of amides is 2. The molecule has 0 bridgehead atoms. The van der Waals surface area contributed by atoms with Crippen molar-refractivity contribution in [3.05, 3.63) is 22.4 Å². The fraction of sp³-hybridized carbons (Fsp3) is 0.600. The average molecular weight is 312 g/mol. The topological polar surface area (TPSA) is 78.4 Å². The number of rotatable bonds is 9. The van der Waals surface area contributed by atoms with Gasteiger partial charge < -0.3 is 15.7 Å². The maximum Gasteiger partial charge on any atom is 0.261 e. The molecule has 0 aliphatic rings. The maximum atomic E-state index is 11.8. The van der Waals surface area contributed by atoms with Gasteiger partial charge in [-0.2, -0.15) is 0 Å². The first kappa shape index (κ1) is 17.7. The Bertz CT molecular complexity index is 432. The number of aliphatic hydroxyl groups is 1. The van der Waals surface area contributed by atoms with Crippen LogP contribution in [0.5, 0.6) is 0 Å². The highest BCUT2D eigenvalue weighted by molar-refractivity contribution is 7.12. The van der Waals surface area contributed by atoms with Crippen LogP contribution >= 0.6 is 11.3 Å². The average Bonchev–Trinajstić information content (AvgIpc) is 2.97. The number of thiophene rings is 1. The van der Waals surface area contributed by atoms with Gasteiger partial charge in [-0.25, -0.2) is 0 Å². The predicted octanol–water partition coefficient (Wildman–Crippen LogP) is 1.78. The molecular weight excluding hydrogens is 288 g/mol. The number of carbonyl (C=O) groups is 2.